The summed E-state index contributed by atoms with van der Waals surface area (Å²) in [6.45, 7) is 3.24. The largest absolute Gasteiger partial charge is 0.417 e. The molecule has 0 amide bonds. The first-order valence-corrected chi connectivity index (χ1v) is 6.02. The molecule has 1 aromatic heterocycles. The molecule has 1 aromatic carbocycles. The van der Waals surface area contributed by atoms with Gasteiger partial charge in [-0.15, -0.1) is 0 Å². The van der Waals surface area contributed by atoms with Crippen molar-refractivity contribution < 1.29 is 18.0 Å². The van der Waals surface area contributed by atoms with Crippen LogP contribution in [-0.2, 0) is 6.18 Å². The van der Waals surface area contributed by atoms with Gasteiger partial charge in [0.1, 0.15) is 0 Å². The Labute approximate surface area is 118 Å². The van der Waals surface area contributed by atoms with Crippen LogP contribution < -0.4 is 0 Å². The van der Waals surface area contributed by atoms with Crippen LogP contribution in [0.1, 0.15) is 27.3 Å². The van der Waals surface area contributed by atoms with Gasteiger partial charge in [-0.3, -0.25) is 4.79 Å². The first kappa shape index (κ1) is 14.6. The van der Waals surface area contributed by atoms with Gasteiger partial charge in [0, 0.05) is 0 Å². The molecule has 0 unspecified atom stereocenters. The minimum Gasteiger partial charge on any atom is -0.298 e. The van der Waals surface area contributed by atoms with Crippen molar-refractivity contribution in [3.05, 3.63) is 45.7 Å². The van der Waals surface area contributed by atoms with Gasteiger partial charge < -0.3 is 0 Å². The van der Waals surface area contributed by atoms with Crippen LogP contribution in [0.15, 0.2) is 18.2 Å². The van der Waals surface area contributed by atoms with Crippen LogP contribution >= 0.6 is 11.6 Å². The van der Waals surface area contributed by atoms with Crippen molar-refractivity contribution in [1.29, 1.82) is 0 Å². The van der Waals surface area contributed by atoms with E-state index in [0.29, 0.717) is 23.2 Å². The van der Waals surface area contributed by atoms with Crippen LogP contribution in [0.3, 0.4) is 0 Å². The number of rotatable bonds is 2. The fourth-order valence-electron chi connectivity index (χ4n) is 1.94. The molecule has 0 saturated carbocycles. The second-order valence-corrected chi connectivity index (χ2v) is 4.68. The lowest BCUT2D eigenvalue weighted by Gasteiger charge is -2.11. The number of aromatic nitrogens is 2. The Bertz CT molecular complexity index is 677. The molecular weight excluding hydrogens is 293 g/mol. The lowest BCUT2D eigenvalue weighted by Crippen LogP contribution is -2.08. The molecule has 2 rings (SSSR count). The number of hydrogen-bond acceptors (Lipinski definition) is 2. The molecule has 1 heterocycles. The summed E-state index contributed by atoms with van der Waals surface area (Å²) in [4.78, 5) is 10.9. The zero-order valence-corrected chi connectivity index (χ0v) is 11.4. The molecule has 0 radical (unpaired) electrons. The van der Waals surface area contributed by atoms with E-state index < -0.39 is 11.7 Å². The molecule has 0 aliphatic heterocycles. The standard InChI is InChI=1S/C13H10ClF3N2O/c1-7-10(6-20)8(2)19(18-7)9-3-4-12(14)11(5-9)13(15,16)17/h3-6H,1-2H3. The summed E-state index contributed by atoms with van der Waals surface area (Å²) in [5.74, 6) is 0. The van der Waals surface area contributed by atoms with Gasteiger partial charge in [0.2, 0.25) is 0 Å². The molecule has 3 nitrogen and oxygen atoms in total. The normalized spacial score (nSPS) is 11.7. The van der Waals surface area contributed by atoms with Crippen molar-refractivity contribution in [3.8, 4) is 5.69 Å². The topological polar surface area (TPSA) is 34.9 Å². The molecule has 2 aromatic rings. The third-order valence-electron chi connectivity index (χ3n) is 2.97. The second kappa shape index (κ2) is 4.94. The third-order valence-corrected chi connectivity index (χ3v) is 3.29. The number of hydrogen-bond donors (Lipinski definition) is 0. The van der Waals surface area contributed by atoms with Crippen LogP contribution in [0.2, 0.25) is 5.02 Å². The van der Waals surface area contributed by atoms with Crippen LogP contribution in [0.5, 0.6) is 0 Å². The summed E-state index contributed by atoms with van der Waals surface area (Å²) in [5.41, 5.74) is 0.578. The molecule has 0 aliphatic rings. The van der Waals surface area contributed by atoms with E-state index in [4.69, 9.17) is 11.6 Å². The van der Waals surface area contributed by atoms with E-state index in [0.717, 1.165) is 12.1 Å². The van der Waals surface area contributed by atoms with Gasteiger partial charge in [-0.25, -0.2) is 4.68 Å². The molecule has 106 valence electrons. The average molecular weight is 303 g/mol. The number of carbonyl (C=O) groups excluding carboxylic acids is 1. The molecule has 0 N–H and O–H groups in total. The third kappa shape index (κ3) is 2.43. The van der Waals surface area contributed by atoms with Gasteiger partial charge >= 0.3 is 6.18 Å². The number of benzene rings is 1. The fourth-order valence-corrected chi connectivity index (χ4v) is 2.16. The molecule has 0 bridgehead atoms. The summed E-state index contributed by atoms with van der Waals surface area (Å²) in [7, 11) is 0. The van der Waals surface area contributed by atoms with Crippen LogP contribution in [0, 0.1) is 13.8 Å². The molecule has 0 saturated heterocycles. The lowest BCUT2D eigenvalue weighted by atomic mass is 10.2. The Hall–Kier alpha value is -1.82. The van der Waals surface area contributed by atoms with Gasteiger partial charge in [0.15, 0.2) is 6.29 Å². The highest BCUT2D eigenvalue weighted by Gasteiger charge is 2.33. The number of nitrogens with zero attached hydrogens (tertiary/aromatic N) is 2. The average Bonchev–Trinajstić information content (AvgIpc) is 2.63. The van der Waals surface area contributed by atoms with Gasteiger partial charge in [-0.1, -0.05) is 11.6 Å². The van der Waals surface area contributed by atoms with Crippen molar-refractivity contribution in [2.45, 2.75) is 20.0 Å². The molecule has 20 heavy (non-hydrogen) atoms. The number of aryl methyl sites for hydroxylation is 1. The Balaban J connectivity index is 2.63. The van der Waals surface area contributed by atoms with Gasteiger partial charge in [-0.2, -0.15) is 18.3 Å². The van der Waals surface area contributed by atoms with Crippen molar-refractivity contribution in [1.82, 2.24) is 9.78 Å². The van der Waals surface area contributed by atoms with Gasteiger partial charge in [0.25, 0.3) is 0 Å². The highest BCUT2D eigenvalue weighted by atomic mass is 35.5. The Morgan fingerprint density at radius 2 is 1.95 bits per heavy atom. The molecule has 7 heteroatoms. The Morgan fingerprint density at radius 1 is 1.30 bits per heavy atom. The predicted molar refractivity (Wildman–Crippen MR) is 68.4 cm³/mol. The second-order valence-electron chi connectivity index (χ2n) is 4.28. The van der Waals surface area contributed by atoms with E-state index in [9.17, 15) is 18.0 Å². The monoisotopic (exact) mass is 302 g/mol. The minimum absolute atomic E-state index is 0.204. The van der Waals surface area contributed by atoms with Gasteiger partial charge in [0.05, 0.1) is 33.2 Å². The maximum atomic E-state index is 12.8. The number of aldehydes is 1. The molecule has 0 fully saturated rings. The Morgan fingerprint density at radius 3 is 2.45 bits per heavy atom. The van der Waals surface area contributed by atoms with Crippen LogP contribution in [-0.4, -0.2) is 16.1 Å². The minimum atomic E-state index is -4.54. The van der Waals surface area contributed by atoms with Crippen molar-refractivity contribution >= 4 is 17.9 Å². The van der Waals surface area contributed by atoms with Crippen molar-refractivity contribution in [2.24, 2.45) is 0 Å². The zero-order valence-electron chi connectivity index (χ0n) is 10.6. The molecular formula is C13H10ClF3N2O. The first-order chi connectivity index (χ1) is 9.25. The van der Waals surface area contributed by atoms with E-state index >= 15 is 0 Å². The maximum Gasteiger partial charge on any atom is 0.417 e. The number of alkyl halides is 3. The van der Waals surface area contributed by atoms with E-state index in [1.807, 2.05) is 0 Å². The first-order valence-electron chi connectivity index (χ1n) is 5.64. The lowest BCUT2D eigenvalue weighted by molar-refractivity contribution is -0.137. The van der Waals surface area contributed by atoms with Crippen LogP contribution in [0.4, 0.5) is 13.2 Å². The predicted octanol–water partition coefficient (Wildman–Crippen LogP) is 3.97. The maximum absolute atomic E-state index is 12.8. The van der Waals surface area contributed by atoms with Gasteiger partial charge in [-0.05, 0) is 32.0 Å². The summed E-state index contributed by atoms with van der Waals surface area (Å²) in [6, 6.07) is 3.50. The quantitative estimate of drug-likeness (QED) is 0.787. The van der Waals surface area contributed by atoms with E-state index in [1.165, 1.54) is 10.7 Å². The molecule has 0 spiro atoms. The van der Waals surface area contributed by atoms with E-state index in [1.54, 1.807) is 13.8 Å². The smallest absolute Gasteiger partial charge is 0.298 e. The summed E-state index contributed by atoms with van der Waals surface area (Å²) < 4.78 is 39.8. The highest BCUT2D eigenvalue weighted by molar-refractivity contribution is 6.31. The number of carbonyl (C=O) groups is 1. The SMILES string of the molecule is Cc1nn(-c2ccc(Cl)c(C(F)(F)F)c2)c(C)c1C=O. The van der Waals surface area contributed by atoms with Crippen molar-refractivity contribution in [2.75, 3.05) is 0 Å². The highest BCUT2D eigenvalue weighted by Crippen LogP contribution is 2.36. The number of halogens is 4. The Kier molecular flexibility index (Phi) is 3.60. The summed E-state index contributed by atoms with van der Waals surface area (Å²) in [5, 5.41) is 3.70. The molecule has 0 atom stereocenters. The van der Waals surface area contributed by atoms with Crippen molar-refractivity contribution in [3.63, 3.8) is 0 Å². The van der Waals surface area contributed by atoms with Crippen LogP contribution in [0.25, 0.3) is 5.69 Å². The fraction of sp³-hybridized carbons (Fsp3) is 0.231. The van der Waals surface area contributed by atoms with E-state index in [-0.39, 0.29) is 10.7 Å². The van der Waals surface area contributed by atoms with E-state index in [2.05, 4.69) is 5.10 Å². The summed E-state index contributed by atoms with van der Waals surface area (Å²) in [6.07, 6.45) is -3.91. The summed E-state index contributed by atoms with van der Waals surface area (Å²) >= 11 is 5.57. The molecule has 0 aliphatic carbocycles. The zero-order chi connectivity index (χ0) is 15.1.